The van der Waals surface area contributed by atoms with Crippen molar-refractivity contribution < 1.29 is 9.32 Å². The maximum Gasteiger partial charge on any atom is 0.274 e. The van der Waals surface area contributed by atoms with Gasteiger partial charge < -0.3 is 9.09 Å². The molecule has 0 aliphatic heterocycles. The third-order valence-electron chi connectivity index (χ3n) is 2.59. The van der Waals surface area contributed by atoms with Gasteiger partial charge in [0.25, 0.3) is 5.91 Å². The first-order valence-corrected chi connectivity index (χ1v) is 5.84. The van der Waals surface area contributed by atoms with Crippen molar-refractivity contribution in [2.75, 3.05) is 5.32 Å². The Bertz CT molecular complexity index is 571. The second-order valence-corrected chi connectivity index (χ2v) is 4.75. The number of nitrogens with one attached hydrogen (secondary N) is 1. The highest BCUT2D eigenvalue weighted by atomic mass is 79.9. The van der Waals surface area contributed by atoms with E-state index in [1.165, 1.54) is 0 Å². The molecule has 5 nitrogen and oxygen atoms in total. The molecule has 0 saturated carbocycles. The molecule has 2 aromatic heterocycles. The van der Waals surface area contributed by atoms with E-state index in [4.69, 9.17) is 4.52 Å². The van der Waals surface area contributed by atoms with Gasteiger partial charge >= 0.3 is 0 Å². The monoisotopic (exact) mass is 297 g/mol. The van der Waals surface area contributed by atoms with Crippen LogP contribution in [-0.4, -0.2) is 15.6 Å². The summed E-state index contributed by atoms with van der Waals surface area (Å²) in [5, 5.41) is 6.48. The van der Waals surface area contributed by atoms with Gasteiger partial charge in [0.15, 0.2) is 0 Å². The second kappa shape index (κ2) is 4.37. The summed E-state index contributed by atoms with van der Waals surface area (Å²) in [6, 6.07) is 1.74. The van der Waals surface area contributed by atoms with E-state index < -0.39 is 0 Å². The van der Waals surface area contributed by atoms with Gasteiger partial charge in [0.1, 0.15) is 5.69 Å². The average molecular weight is 298 g/mol. The molecule has 0 saturated heterocycles. The summed E-state index contributed by atoms with van der Waals surface area (Å²) in [6.07, 6.45) is 1.81. The van der Waals surface area contributed by atoms with Crippen molar-refractivity contribution in [2.24, 2.45) is 7.05 Å². The third-order valence-corrected chi connectivity index (χ3v) is 3.02. The summed E-state index contributed by atoms with van der Waals surface area (Å²) in [5.41, 5.74) is 2.16. The van der Waals surface area contributed by atoms with Gasteiger partial charge in [0.05, 0.1) is 5.69 Å². The Morgan fingerprint density at radius 3 is 2.71 bits per heavy atom. The Morgan fingerprint density at radius 2 is 2.24 bits per heavy atom. The fraction of sp³-hybridized carbons (Fsp3) is 0.273. The van der Waals surface area contributed by atoms with Crippen molar-refractivity contribution >= 4 is 27.7 Å². The molecule has 2 rings (SSSR count). The van der Waals surface area contributed by atoms with Crippen LogP contribution in [0.4, 0.5) is 5.88 Å². The Hall–Kier alpha value is -1.56. The molecule has 6 heteroatoms. The number of anilines is 1. The molecule has 0 aliphatic carbocycles. The van der Waals surface area contributed by atoms with Gasteiger partial charge in [-0.05, 0) is 35.8 Å². The number of carbonyl (C=O) groups excluding carboxylic acids is 1. The molecule has 0 unspecified atom stereocenters. The zero-order chi connectivity index (χ0) is 12.6. The zero-order valence-corrected chi connectivity index (χ0v) is 11.3. The van der Waals surface area contributed by atoms with Crippen molar-refractivity contribution in [1.82, 2.24) is 9.72 Å². The van der Waals surface area contributed by atoms with Gasteiger partial charge in [-0.25, -0.2) is 0 Å². The standard InChI is InChI=1S/C11H12BrN3O2/c1-6-7(2)14-17-11(6)13-10(16)9-4-8(12)5-15(9)3/h4-5H,1-3H3,(H,13,16). The van der Waals surface area contributed by atoms with E-state index in [2.05, 4.69) is 26.4 Å². The average Bonchev–Trinajstić information content (AvgIpc) is 2.75. The number of carbonyl (C=O) groups is 1. The van der Waals surface area contributed by atoms with Crippen LogP contribution in [0.15, 0.2) is 21.3 Å². The van der Waals surface area contributed by atoms with Crippen molar-refractivity contribution in [3.05, 3.63) is 33.7 Å². The molecule has 1 N–H and O–H groups in total. The molecular weight excluding hydrogens is 286 g/mol. The molecule has 0 aromatic carbocycles. The van der Waals surface area contributed by atoms with Crippen LogP contribution in [0.1, 0.15) is 21.7 Å². The number of hydrogen-bond donors (Lipinski definition) is 1. The normalized spacial score (nSPS) is 10.6. The second-order valence-electron chi connectivity index (χ2n) is 3.83. The molecule has 0 spiro atoms. The van der Waals surface area contributed by atoms with Gasteiger partial charge in [-0.2, -0.15) is 0 Å². The summed E-state index contributed by atoms with van der Waals surface area (Å²) in [4.78, 5) is 12.0. The molecule has 0 aliphatic rings. The van der Waals surface area contributed by atoms with E-state index >= 15 is 0 Å². The molecule has 0 bridgehead atoms. The lowest BCUT2D eigenvalue weighted by molar-refractivity contribution is 0.101. The Kier molecular flexibility index (Phi) is 3.06. The zero-order valence-electron chi connectivity index (χ0n) is 9.74. The number of aryl methyl sites for hydroxylation is 2. The largest absolute Gasteiger partial charge is 0.345 e. The lowest BCUT2D eigenvalue weighted by atomic mass is 10.3. The van der Waals surface area contributed by atoms with Crippen LogP contribution in [0.3, 0.4) is 0 Å². The maximum atomic E-state index is 12.0. The molecular formula is C11H12BrN3O2. The van der Waals surface area contributed by atoms with Crippen molar-refractivity contribution in [3.8, 4) is 0 Å². The molecule has 0 atom stereocenters. The summed E-state index contributed by atoms with van der Waals surface area (Å²) in [7, 11) is 1.80. The van der Waals surface area contributed by atoms with Crippen LogP contribution in [0, 0.1) is 13.8 Å². The van der Waals surface area contributed by atoms with Gasteiger partial charge in [-0.3, -0.25) is 10.1 Å². The van der Waals surface area contributed by atoms with E-state index in [-0.39, 0.29) is 5.91 Å². The van der Waals surface area contributed by atoms with E-state index in [0.717, 1.165) is 15.7 Å². The number of halogens is 1. The summed E-state index contributed by atoms with van der Waals surface area (Å²) in [6.45, 7) is 3.68. The quantitative estimate of drug-likeness (QED) is 0.927. The van der Waals surface area contributed by atoms with Crippen LogP contribution in [0.25, 0.3) is 0 Å². The minimum absolute atomic E-state index is 0.225. The van der Waals surface area contributed by atoms with Gasteiger partial charge in [-0.15, -0.1) is 0 Å². The van der Waals surface area contributed by atoms with Crippen molar-refractivity contribution in [1.29, 1.82) is 0 Å². The number of aromatic nitrogens is 2. The molecule has 2 heterocycles. The van der Waals surface area contributed by atoms with Crippen molar-refractivity contribution in [2.45, 2.75) is 13.8 Å². The number of rotatable bonds is 2. The highest BCUT2D eigenvalue weighted by molar-refractivity contribution is 9.10. The first-order chi connectivity index (χ1) is 7.99. The van der Waals surface area contributed by atoms with E-state index in [1.54, 1.807) is 17.7 Å². The van der Waals surface area contributed by atoms with E-state index in [9.17, 15) is 4.79 Å². The van der Waals surface area contributed by atoms with Gasteiger partial charge in [0.2, 0.25) is 5.88 Å². The smallest absolute Gasteiger partial charge is 0.274 e. The van der Waals surface area contributed by atoms with Crippen LogP contribution in [0.2, 0.25) is 0 Å². The summed E-state index contributed by atoms with van der Waals surface area (Å²) in [5.74, 6) is 0.169. The fourth-order valence-corrected chi connectivity index (χ4v) is 1.97. The topological polar surface area (TPSA) is 60.1 Å². The number of nitrogens with zero attached hydrogens (tertiary/aromatic N) is 2. The number of amides is 1. The highest BCUT2D eigenvalue weighted by Gasteiger charge is 2.15. The first kappa shape index (κ1) is 11.9. The molecule has 0 radical (unpaired) electrons. The lowest BCUT2D eigenvalue weighted by Crippen LogP contribution is -2.15. The number of hydrogen-bond acceptors (Lipinski definition) is 3. The fourth-order valence-electron chi connectivity index (χ4n) is 1.45. The summed E-state index contributed by atoms with van der Waals surface area (Å²) < 4.78 is 7.62. The molecule has 90 valence electrons. The maximum absolute atomic E-state index is 12.0. The molecule has 1 amide bonds. The van der Waals surface area contributed by atoms with Crippen LogP contribution < -0.4 is 5.32 Å². The highest BCUT2D eigenvalue weighted by Crippen LogP contribution is 2.19. The molecule has 2 aromatic rings. The van der Waals surface area contributed by atoms with E-state index in [1.807, 2.05) is 20.0 Å². The Balaban J connectivity index is 2.23. The van der Waals surface area contributed by atoms with Crippen LogP contribution in [0.5, 0.6) is 0 Å². The molecule has 0 fully saturated rings. The molecule has 17 heavy (non-hydrogen) atoms. The lowest BCUT2D eigenvalue weighted by Gasteiger charge is -2.03. The van der Waals surface area contributed by atoms with E-state index in [0.29, 0.717) is 11.6 Å². The summed E-state index contributed by atoms with van der Waals surface area (Å²) >= 11 is 3.32. The Morgan fingerprint density at radius 1 is 1.53 bits per heavy atom. The predicted octanol–water partition coefficient (Wildman–Crippen LogP) is 2.64. The van der Waals surface area contributed by atoms with Crippen LogP contribution >= 0.6 is 15.9 Å². The minimum atomic E-state index is -0.225. The third kappa shape index (κ3) is 2.26. The van der Waals surface area contributed by atoms with Crippen LogP contribution in [-0.2, 0) is 7.05 Å². The van der Waals surface area contributed by atoms with Gasteiger partial charge in [-0.1, -0.05) is 5.16 Å². The van der Waals surface area contributed by atoms with Crippen molar-refractivity contribution in [3.63, 3.8) is 0 Å². The van der Waals surface area contributed by atoms with Gasteiger partial charge in [0, 0.05) is 23.3 Å². The first-order valence-electron chi connectivity index (χ1n) is 5.05. The minimum Gasteiger partial charge on any atom is -0.345 e. The predicted molar refractivity (Wildman–Crippen MR) is 67.0 cm³/mol. The Labute approximate surface area is 107 Å². The SMILES string of the molecule is Cc1noc(NC(=O)c2cc(Br)cn2C)c1C.